The number of rotatable bonds is 5. The zero-order valence-electron chi connectivity index (χ0n) is 17.7. The maximum Gasteiger partial charge on any atom is 0.182 e. The number of hydrogen-bond acceptors (Lipinski definition) is 4. The fourth-order valence-corrected chi connectivity index (χ4v) is 4.45. The summed E-state index contributed by atoms with van der Waals surface area (Å²) in [7, 11) is 0. The first-order valence-corrected chi connectivity index (χ1v) is 10.7. The number of fused-ring (bicyclic) bond motifs is 1. The van der Waals surface area contributed by atoms with E-state index in [1.165, 1.54) is 6.07 Å². The van der Waals surface area contributed by atoms with E-state index in [-0.39, 0.29) is 11.5 Å². The van der Waals surface area contributed by atoms with E-state index < -0.39 is 0 Å². The summed E-state index contributed by atoms with van der Waals surface area (Å²) in [6, 6.07) is 9.34. The summed E-state index contributed by atoms with van der Waals surface area (Å²) in [5.41, 5.74) is 6.06. The molecule has 0 aliphatic rings. The van der Waals surface area contributed by atoms with E-state index in [1.54, 1.807) is 0 Å². The third kappa shape index (κ3) is 3.10. The number of nitrogens with one attached hydrogen (secondary N) is 1. The molecule has 0 radical (unpaired) electrons. The highest BCUT2D eigenvalue weighted by Gasteiger charge is 2.20. The van der Waals surface area contributed by atoms with E-state index in [4.69, 9.17) is 12.2 Å². The first kappa shape index (κ1) is 20.2. The van der Waals surface area contributed by atoms with Crippen LogP contribution in [0.5, 0.6) is 11.5 Å². The van der Waals surface area contributed by atoms with Crippen LogP contribution < -0.4 is 0 Å². The van der Waals surface area contributed by atoms with Crippen LogP contribution in [0.2, 0.25) is 0 Å². The van der Waals surface area contributed by atoms with Crippen molar-refractivity contribution in [1.29, 1.82) is 0 Å². The van der Waals surface area contributed by atoms with Gasteiger partial charge in [-0.2, -0.15) is 0 Å². The predicted molar refractivity (Wildman–Crippen MR) is 122 cm³/mol. The Morgan fingerprint density at radius 3 is 2.47 bits per heavy atom. The molecule has 2 aromatic carbocycles. The van der Waals surface area contributed by atoms with E-state index in [1.807, 2.05) is 43.5 Å². The average molecular weight is 423 g/mol. The van der Waals surface area contributed by atoms with Gasteiger partial charge in [0.1, 0.15) is 17.3 Å². The number of hydrogen-bond donors (Lipinski definition) is 3. The lowest BCUT2D eigenvalue weighted by atomic mass is 10.0. The van der Waals surface area contributed by atoms with Crippen molar-refractivity contribution in [1.82, 2.24) is 19.1 Å². The molecule has 0 aliphatic carbocycles. The van der Waals surface area contributed by atoms with Gasteiger partial charge in [0.05, 0.1) is 22.4 Å². The zero-order chi connectivity index (χ0) is 21.6. The molecule has 0 saturated heterocycles. The lowest BCUT2D eigenvalue weighted by Gasteiger charge is -2.14. The summed E-state index contributed by atoms with van der Waals surface area (Å²) in [5.74, 6) is 1.10. The first-order valence-electron chi connectivity index (χ1n) is 10.3. The van der Waals surface area contributed by atoms with Crippen LogP contribution in [-0.2, 0) is 19.4 Å². The number of imidazole rings is 2. The monoisotopic (exact) mass is 422 g/mol. The smallest absolute Gasteiger partial charge is 0.182 e. The van der Waals surface area contributed by atoms with Crippen molar-refractivity contribution < 1.29 is 10.2 Å². The largest absolute Gasteiger partial charge is 0.508 e. The number of phenols is 2. The van der Waals surface area contributed by atoms with Crippen LogP contribution in [0.4, 0.5) is 0 Å². The third-order valence-corrected chi connectivity index (χ3v) is 5.94. The summed E-state index contributed by atoms with van der Waals surface area (Å²) >= 11 is 5.68. The van der Waals surface area contributed by atoms with E-state index >= 15 is 0 Å². The van der Waals surface area contributed by atoms with Crippen molar-refractivity contribution >= 4 is 23.3 Å². The van der Waals surface area contributed by atoms with Crippen molar-refractivity contribution in [2.24, 2.45) is 0 Å². The van der Waals surface area contributed by atoms with Crippen LogP contribution in [0, 0.1) is 11.7 Å². The maximum atomic E-state index is 10.7. The lowest BCUT2D eigenvalue weighted by Crippen LogP contribution is -2.01. The topological polar surface area (TPSA) is 79.0 Å². The molecule has 0 amide bonds. The van der Waals surface area contributed by atoms with Gasteiger partial charge in [-0.05, 0) is 68.7 Å². The SMILES string of the molecule is CCc1cc(-c2c(CC)[nH]c(=S)n2-c2ccc3nc(C)n(CC)c3c2)c(O)cc1O. The number of H-pyrrole nitrogens is 1. The molecule has 4 rings (SSSR count). The van der Waals surface area contributed by atoms with Crippen molar-refractivity contribution in [3.05, 3.63) is 52.2 Å². The Hall–Kier alpha value is -3.06. The molecule has 3 N–H and O–H groups in total. The molecule has 0 fully saturated rings. The number of aromatic nitrogens is 4. The lowest BCUT2D eigenvalue weighted by molar-refractivity contribution is 0.447. The molecule has 0 spiro atoms. The Bertz CT molecular complexity index is 1310. The van der Waals surface area contributed by atoms with Crippen molar-refractivity contribution in [3.63, 3.8) is 0 Å². The maximum absolute atomic E-state index is 10.7. The fraction of sp³-hybridized carbons (Fsp3) is 0.304. The van der Waals surface area contributed by atoms with Gasteiger partial charge in [0, 0.05) is 23.9 Å². The summed E-state index contributed by atoms with van der Waals surface area (Å²) < 4.78 is 4.69. The predicted octanol–water partition coefficient (Wildman–Crippen LogP) is 5.42. The van der Waals surface area contributed by atoms with Gasteiger partial charge in [0.25, 0.3) is 0 Å². The minimum Gasteiger partial charge on any atom is -0.508 e. The van der Waals surface area contributed by atoms with Crippen molar-refractivity contribution in [2.75, 3.05) is 0 Å². The van der Waals surface area contributed by atoms with Crippen LogP contribution in [0.15, 0.2) is 30.3 Å². The molecule has 4 aromatic rings. The molecule has 0 atom stereocenters. The van der Waals surface area contributed by atoms with E-state index in [0.717, 1.165) is 52.5 Å². The minimum atomic E-state index is 0.0256. The van der Waals surface area contributed by atoms with Crippen LogP contribution >= 0.6 is 12.2 Å². The number of aromatic hydroxyl groups is 2. The van der Waals surface area contributed by atoms with Crippen molar-refractivity contribution in [2.45, 2.75) is 47.1 Å². The Balaban J connectivity index is 2.03. The second-order valence-electron chi connectivity index (χ2n) is 7.37. The second-order valence-corrected chi connectivity index (χ2v) is 7.76. The van der Waals surface area contributed by atoms with Gasteiger partial charge in [0.15, 0.2) is 4.77 Å². The van der Waals surface area contributed by atoms with Crippen molar-refractivity contribution in [3.8, 4) is 28.4 Å². The quantitative estimate of drug-likeness (QED) is 0.376. The van der Waals surface area contributed by atoms with Gasteiger partial charge in [0.2, 0.25) is 0 Å². The highest BCUT2D eigenvalue weighted by atomic mass is 32.1. The molecular formula is C23H26N4O2S. The molecule has 156 valence electrons. The Kier molecular flexibility index (Phi) is 5.15. The molecule has 30 heavy (non-hydrogen) atoms. The molecule has 0 saturated carbocycles. The van der Waals surface area contributed by atoms with E-state index in [0.29, 0.717) is 16.8 Å². The van der Waals surface area contributed by atoms with Gasteiger partial charge >= 0.3 is 0 Å². The number of nitrogens with zero attached hydrogens (tertiary/aromatic N) is 3. The molecule has 0 aliphatic heterocycles. The van der Waals surface area contributed by atoms with Gasteiger partial charge in [-0.25, -0.2) is 4.98 Å². The molecule has 0 bridgehead atoms. The van der Waals surface area contributed by atoms with Gasteiger partial charge in [-0.15, -0.1) is 0 Å². The summed E-state index contributed by atoms with van der Waals surface area (Å²) in [4.78, 5) is 7.94. The fourth-order valence-electron chi connectivity index (χ4n) is 4.13. The first-order chi connectivity index (χ1) is 14.4. The highest BCUT2D eigenvalue weighted by Crippen LogP contribution is 2.38. The third-order valence-electron chi connectivity index (χ3n) is 5.65. The van der Waals surface area contributed by atoms with Gasteiger partial charge in [-0.3, -0.25) is 4.57 Å². The molecule has 2 aromatic heterocycles. The number of benzene rings is 2. The van der Waals surface area contributed by atoms with Crippen LogP contribution in [0.1, 0.15) is 37.9 Å². The Morgan fingerprint density at radius 1 is 1.03 bits per heavy atom. The normalized spacial score (nSPS) is 11.5. The van der Waals surface area contributed by atoms with E-state index in [2.05, 4.69) is 27.5 Å². The molecule has 2 heterocycles. The van der Waals surface area contributed by atoms with E-state index in [9.17, 15) is 10.2 Å². The summed E-state index contributed by atoms with van der Waals surface area (Å²) in [6.07, 6.45) is 1.38. The zero-order valence-corrected chi connectivity index (χ0v) is 18.5. The molecule has 6 nitrogen and oxygen atoms in total. The van der Waals surface area contributed by atoms with Crippen LogP contribution in [-0.4, -0.2) is 29.3 Å². The molecule has 7 heteroatoms. The number of phenolic OH excluding ortho intramolecular Hbond substituents is 2. The molecule has 0 unspecified atom stereocenters. The number of aryl methyl sites for hydroxylation is 4. The molecular weight excluding hydrogens is 396 g/mol. The summed E-state index contributed by atoms with van der Waals surface area (Å²) in [5, 5.41) is 20.8. The summed E-state index contributed by atoms with van der Waals surface area (Å²) in [6.45, 7) is 8.96. The highest BCUT2D eigenvalue weighted by molar-refractivity contribution is 7.71. The Morgan fingerprint density at radius 2 is 1.80 bits per heavy atom. The van der Waals surface area contributed by atoms with Crippen LogP contribution in [0.3, 0.4) is 0 Å². The Labute approximate surface area is 180 Å². The second kappa shape index (κ2) is 7.65. The van der Waals surface area contributed by atoms with Crippen LogP contribution in [0.25, 0.3) is 28.0 Å². The standard InChI is InChI=1S/C23H26N4O2S/c1-5-14-10-16(21(29)12-20(14)28)22-17(6-2)25-23(30)27(22)15-8-9-18-19(11-15)26(7-3)13(4)24-18/h8-12,28-29H,5-7H2,1-4H3,(H,25,30). The van der Waals surface area contributed by atoms with Gasteiger partial charge < -0.3 is 19.8 Å². The van der Waals surface area contributed by atoms with Gasteiger partial charge in [-0.1, -0.05) is 13.8 Å². The number of aromatic amines is 1. The average Bonchev–Trinajstić information content (AvgIpc) is 3.22. The minimum absolute atomic E-state index is 0.0256.